The van der Waals surface area contributed by atoms with Crippen LogP contribution in [0, 0.1) is 0 Å². The highest BCUT2D eigenvalue weighted by molar-refractivity contribution is 5.88. The van der Waals surface area contributed by atoms with Gasteiger partial charge < -0.3 is 10.2 Å². The SMILES string of the molecule is CC1C(=O)NCCN1C(=O)Cn1ccc(C(F)(F)F)n1. The van der Waals surface area contributed by atoms with Gasteiger partial charge in [-0.25, -0.2) is 0 Å². The van der Waals surface area contributed by atoms with Crippen LogP contribution in [0.4, 0.5) is 13.2 Å². The predicted molar refractivity (Wildman–Crippen MR) is 61.4 cm³/mol. The van der Waals surface area contributed by atoms with Crippen molar-refractivity contribution in [3.05, 3.63) is 18.0 Å². The van der Waals surface area contributed by atoms with Crippen LogP contribution < -0.4 is 5.32 Å². The van der Waals surface area contributed by atoms with E-state index in [9.17, 15) is 22.8 Å². The fourth-order valence-electron chi connectivity index (χ4n) is 1.95. The molecule has 1 atom stereocenters. The summed E-state index contributed by atoms with van der Waals surface area (Å²) in [6.45, 7) is 1.91. The minimum Gasteiger partial charge on any atom is -0.353 e. The molecule has 0 spiro atoms. The number of aromatic nitrogens is 2. The number of carbonyl (C=O) groups excluding carboxylic acids is 2. The summed E-state index contributed by atoms with van der Waals surface area (Å²) in [5.41, 5.74) is -1.05. The zero-order valence-electron chi connectivity index (χ0n) is 10.6. The second-order valence-electron chi connectivity index (χ2n) is 4.45. The summed E-state index contributed by atoms with van der Waals surface area (Å²) in [5.74, 6) is -0.717. The molecule has 1 aromatic heterocycles. The van der Waals surface area contributed by atoms with Crippen molar-refractivity contribution in [2.75, 3.05) is 13.1 Å². The summed E-state index contributed by atoms with van der Waals surface area (Å²) >= 11 is 0. The van der Waals surface area contributed by atoms with E-state index < -0.39 is 23.8 Å². The average Bonchev–Trinajstić information content (AvgIpc) is 2.81. The first-order chi connectivity index (χ1) is 9.29. The highest BCUT2D eigenvalue weighted by Gasteiger charge is 2.34. The van der Waals surface area contributed by atoms with E-state index in [2.05, 4.69) is 10.4 Å². The van der Waals surface area contributed by atoms with E-state index >= 15 is 0 Å². The second-order valence-corrected chi connectivity index (χ2v) is 4.45. The summed E-state index contributed by atoms with van der Waals surface area (Å²) in [5, 5.41) is 5.90. The van der Waals surface area contributed by atoms with Gasteiger partial charge in [0.1, 0.15) is 12.6 Å². The molecule has 2 rings (SSSR count). The van der Waals surface area contributed by atoms with E-state index in [-0.39, 0.29) is 12.5 Å². The van der Waals surface area contributed by atoms with E-state index in [0.717, 1.165) is 16.9 Å². The molecule has 0 aromatic carbocycles. The molecule has 2 heterocycles. The summed E-state index contributed by atoms with van der Waals surface area (Å²) in [4.78, 5) is 24.7. The van der Waals surface area contributed by atoms with E-state index in [1.807, 2.05) is 0 Å². The lowest BCUT2D eigenvalue weighted by Gasteiger charge is -2.32. The lowest BCUT2D eigenvalue weighted by Crippen LogP contribution is -2.56. The fourth-order valence-corrected chi connectivity index (χ4v) is 1.95. The molecular weight excluding hydrogens is 277 g/mol. The maximum absolute atomic E-state index is 12.4. The van der Waals surface area contributed by atoms with E-state index in [1.165, 1.54) is 4.90 Å². The molecule has 1 saturated heterocycles. The van der Waals surface area contributed by atoms with Gasteiger partial charge >= 0.3 is 6.18 Å². The second kappa shape index (κ2) is 5.14. The summed E-state index contributed by atoms with van der Waals surface area (Å²) < 4.78 is 38.1. The highest BCUT2D eigenvalue weighted by Crippen LogP contribution is 2.27. The first kappa shape index (κ1) is 14.4. The minimum absolute atomic E-state index is 0.277. The molecule has 1 unspecified atom stereocenters. The van der Waals surface area contributed by atoms with Crippen LogP contribution in [0.1, 0.15) is 12.6 Å². The number of rotatable bonds is 2. The number of hydrogen-bond donors (Lipinski definition) is 1. The van der Waals surface area contributed by atoms with Gasteiger partial charge in [0.2, 0.25) is 11.8 Å². The van der Waals surface area contributed by atoms with E-state index in [1.54, 1.807) is 6.92 Å². The number of nitrogens with zero attached hydrogens (tertiary/aromatic N) is 3. The molecule has 1 aromatic rings. The third-order valence-corrected chi connectivity index (χ3v) is 3.05. The van der Waals surface area contributed by atoms with Crippen LogP contribution in [0.2, 0.25) is 0 Å². The van der Waals surface area contributed by atoms with E-state index in [4.69, 9.17) is 0 Å². The Hall–Kier alpha value is -2.06. The molecule has 1 fully saturated rings. The number of alkyl halides is 3. The molecule has 1 aliphatic heterocycles. The van der Waals surface area contributed by atoms with Gasteiger partial charge in [0.05, 0.1) is 0 Å². The lowest BCUT2D eigenvalue weighted by atomic mass is 10.2. The molecule has 1 aliphatic rings. The molecule has 2 amide bonds. The maximum Gasteiger partial charge on any atom is 0.435 e. The van der Waals surface area contributed by atoms with Crippen molar-refractivity contribution in [1.29, 1.82) is 0 Å². The first-order valence-electron chi connectivity index (χ1n) is 5.97. The molecular formula is C11H13F3N4O2. The predicted octanol–water partition coefficient (Wildman–Crippen LogP) is 0.249. The van der Waals surface area contributed by atoms with Crippen LogP contribution >= 0.6 is 0 Å². The molecule has 0 aliphatic carbocycles. The van der Waals surface area contributed by atoms with Gasteiger partial charge in [-0.2, -0.15) is 18.3 Å². The molecule has 0 radical (unpaired) electrons. The Bertz CT molecular complexity index is 526. The van der Waals surface area contributed by atoms with Crippen molar-refractivity contribution in [2.24, 2.45) is 0 Å². The molecule has 20 heavy (non-hydrogen) atoms. The summed E-state index contributed by atoms with van der Waals surface area (Å²) in [6, 6.07) is 0.175. The molecule has 9 heteroatoms. The summed E-state index contributed by atoms with van der Waals surface area (Å²) in [6.07, 6.45) is -3.44. The Balaban J connectivity index is 2.04. The van der Waals surface area contributed by atoms with Crippen molar-refractivity contribution in [1.82, 2.24) is 20.0 Å². The van der Waals surface area contributed by atoms with Crippen LogP contribution in [-0.4, -0.2) is 45.6 Å². The Morgan fingerprint density at radius 3 is 2.85 bits per heavy atom. The third kappa shape index (κ3) is 2.91. The maximum atomic E-state index is 12.4. The van der Waals surface area contributed by atoms with Crippen LogP contribution in [0.3, 0.4) is 0 Å². The third-order valence-electron chi connectivity index (χ3n) is 3.05. The zero-order chi connectivity index (χ0) is 14.9. The zero-order valence-corrected chi connectivity index (χ0v) is 10.6. The fraction of sp³-hybridized carbons (Fsp3) is 0.545. The molecule has 0 bridgehead atoms. The minimum atomic E-state index is -4.54. The molecule has 110 valence electrons. The average molecular weight is 290 g/mol. The first-order valence-corrected chi connectivity index (χ1v) is 5.97. The molecule has 0 saturated carbocycles. The van der Waals surface area contributed by atoms with Crippen molar-refractivity contribution in [3.63, 3.8) is 0 Å². The van der Waals surface area contributed by atoms with Crippen molar-refractivity contribution in [2.45, 2.75) is 25.7 Å². The van der Waals surface area contributed by atoms with Crippen LogP contribution in [0.5, 0.6) is 0 Å². The van der Waals surface area contributed by atoms with Gasteiger partial charge in [-0.15, -0.1) is 0 Å². The Labute approximate surface area is 112 Å². The van der Waals surface area contributed by atoms with Crippen molar-refractivity contribution in [3.8, 4) is 0 Å². The molecule has 1 N–H and O–H groups in total. The monoisotopic (exact) mass is 290 g/mol. The smallest absolute Gasteiger partial charge is 0.353 e. The number of amides is 2. The van der Waals surface area contributed by atoms with E-state index in [0.29, 0.717) is 13.1 Å². The lowest BCUT2D eigenvalue weighted by molar-refractivity contribution is -0.144. The van der Waals surface area contributed by atoms with Crippen LogP contribution in [0.25, 0.3) is 0 Å². The quantitative estimate of drug-likeness (QED) is 0.849. The van der Waals surface area contributed by atoms with Gasteiger partial charge in [-0.05, 0) is 13.0 Å². The van der Waals surface area contributed by atoms with Crippen molar-refractivity contribution >= 4 is 11.8 Å². The molecule has 6 nitrogen and oxygen atoms in total. The Morgan fingerprint density at radius 1 is 1.55 bits per heavy atom. The van der Waals surface area contributed by atoms with Gasteiger partial charge in [0, 0.05) is 19.3 Å². The van der Waals surface area contributed by atoms with Gasteiger partial charge in [-0.1, -0.05) is 0 Å². The van der Waals surface area contributed by atoms with Gasteiger partial charge in [0.15, 0.2) is 5.69 Å². The van der Waals surface area contributed by atoms with Gasteiger partial charge in [0.25, 0.3) is 0 Å². The van der Waals surface area contributed by atoms with Gasteiger partial charge in [-0.3, -0.25) is 14.3 Å². The normalized spacial score (nSPS) is 19.9. The number of piperazine rings is 1. The van der Waals surface area contributed by atoms with Crippen LogP contribution in [-0.2, 0) is 22.3 Å². The largest absolute Gasteiger partial charge is 0.435 e. The van der Waals surface area contributed by atoms with Crippen LogP contribution in [0.15, 0.2) is 12.3 Å². The highest BCUT2D eigenvalue weighted by atomic mass is 19.4. The van der Waals surface area contributed by atoms with Crippen molar-refractivity contribution < 1.29 is 22.8 Å². The number of nitrogens with one attached hydrogen (secondary N) is 1. The number of hydrogen-bond acceptors (Lipinski definition) is 3. The Kier molecular flexibility index (Phi) is 3.69. The topological polar surface area (TPSA) is 67.2 Å². The number of halogens is 3. The Morgan fingerprint density at radius 2 is 2.25 bits per heavy atom. The summed E-state index contributed by atoms with van der Waals surface area (Å²) in [7, 11) is 0. The number of carbonyl (C=O) groups is 2. The standard InChI is InChI=1S/C11H13F3N4O2/c1-7-10(20)15-3-5-18(7)9(19)6-17-4-2-8(16-17)11(12,13)14/h2,4,7H,3,5-6H2,1H3,(H,15,20).